The van der Waals surface area contributed by atoms with Crippen LogP contribution in [0.15, 0.2) is 71.4 Å². The molecule has 0 aliphatic carbocycles. The van der Waals surface area contributed by atoms with Gasteiger partial charge in [-0.1, -0.05) is 168 Å². The number of hydrogen-bond donors (Lipinski definition) is 0. The summed E-state index contributed by atoms with van der Waals surface area (Å²) in [6.45, 7) is 10.6. The van der Waals surface area contributed by atoms with Gasteiger partial charge >= 0.3 is 0 Å². The number of hydrogen-bond acceptors (Lipinski definition) is 6. The SMILES string of the molecule is CCCCCCCCC(CCCCCC)CN1C(=O)C(c2ccc(-c3cccs3)s2)=c2cc3c(cc21)=C(c1ccc(-c2cccs2)s1)C(=O)N3CC(CCCCCC)CCCCCCCC. The number of rotatable bonds is 32. The van der Waals surface area contributed by atoms with Crippen LogP contribution in [0.5, 0.6) is 0 Å². The quantitative estimate of drug-likeness (QED) is 0.0403. The van der Waals surface area contributed by atoms with Gasteiger partial charge in [0.05, 0.1) is 22.5 Å². The van der Waals surface area contributed by atoms with E-state index in [1.54, 1.807) is 45.3 Å². The lowest BCUT2D eigenvalue weighted by Gasteiger charge is -2.27. The molecule has 7 rings (SSSR count). The van der Waals surface area contributed by atoms with Gasteiger partial charge in [0.2, 0.25) is 0 Å². The molecule has 0 bridgehead atoms. The summed E-state index contributed by atoms with van der Waals surface area (Å²) in [5, 5.41) is 6.27. The van der Waals surface area contributed by atoms with Crippen molar-refractivity contribution in [3.05, 3.63) is 91.6 Å². The van der Waals surface area contributed by atoms with E-state index in [-0.39, 0.29) is 11.8 Å². The number of carbonyl (C=O) groups excluding carboxylic acids is 2. The van der Waals surface area contributed by atoms with Crippen molar-refractivity contribution >= 4 is 79.7 Å². The van der Waals surface area contributed by atoms with E-state index in [0.717, 1.165) is 81.5 Å². The summed E-state index contributed by atoms with van der Waals surface area (Å²) in [5.41, 5.74) is 3.61. The molecular weight excluding hydrogens is 885 g/mol. The number of nitrogens with zero attached hydrogens (tertiary/aromatic N) is 2. The highest BCUT2D eigenvalue weighted by Crippen LogP contribution is 2.40. The Balaban J connectivity index is 1.31. The Hall–Kier alpha value is -3.30. The van der Waals surface area contributed by atoms with Crippen LogP contribution in [0.3, 0.4) is 0 Å². The second-order valence-corrected chi connectivity index (χ2v) is 23.4. The lowest BCUT2D eigenvalue weighted by molar-refractivity contribution is -0.114. The maximum absolute atomic E-state index is 15.4. The molecule has 2 aliphatic heterocycles. The van der Waals surface area contributed by atoms with Crippen LogP contribution >= 0.6 is 45.3 Å². The van der Waals surface area contributed by atoms with Gasteiger partial charge in [-0.3, -0.25) is 9.59 Å². The molecule has 1 aromatic carbocycles. The molecule has 0 spiro atoms. The smallest absolute Gasteiger partial charge is 0.260 e. The molecule has 356 valence electrons. The highest BCUT2D eigenvalue weighted by molar-refractivity contribution is 7.22. The zero-order chi connectivity index (χ0) is 46.1. The second-order valence-electron chi connectivity index (χ2n) is 19.3. The van der Waals surface area contributed by atoms with E-state index in [1.807, 2.05) is 0 Å². The van der Waals surface area contributed by atoms with E-state index in [1.165, 1.54) is 148 Å². The molecule has 2 aliphatic rings. The maximum atomic E-state index is 15.4. The number of carbonyl (C=O) groups is 2. The average molecular weight is 964 g/mol. The van der Waals surface area contributed by atoms with Gasteiger partial charge in [0.25, 0.3) is 11.8 Å². The van der Waals surface area contributed by atoms with Crippen molar-refractivity contribution in [1.29, 1.82) is 0 Å². The predicted molar refractivity (Wildman–Crippen MR) is 291 cm³/mol. The van der Waals surface area contributed by atoms with Crippen LogP contribution in [-0.4, -0.2) is 24.9 Å². The molecule has 2 atom stereocenters. The van der Waals surface area contributed by atoms with Crippen LogP contribution in [-0.2, 0) is 9.59 Å². The fourth-order valence-electron chi connectivity index (χ4n) is 10.3. The molecule has 2 unspecified atom stereocenters. The summed E-state index contributed by atoms with van der Waals surface area (Å²) in [5.74, 6) is 1.12. The fraction of sp³-hybridized carbons (Fsp3) is 0.552. The van der Waals surface area contributed by atoms with E-state index in [2.05, 4.69) is 109 Å². The van der Waals surface area contributed by atoms with Crippen molar-refractivity contribution in [1.82, 2.24) is 0 Å². The molecule has 4 nitrogen and oxygen atoms in total. The third-order valence-electron chi connectivity index (χ3n) is 14.1. The lowest BCUT2D eigenvalue weighted by atomic mass is 9.93. The van der Waals surface area contributed by atoms with Gasteiger partial charge in [0.15, 0.2) is 0 Å². The number of unbranched alkanes of at least 4 members (excludes halogenated alkanes) is 16. The molecule has 0 radical (unpaired) electrons. The summed E-state index contributed by atoms with van der Waals surface area (Å²) in [4.78, 5) is 41.9. The topological polar surface area (TPSA) is 40.6 Å². The van der Waals surface area contributed by atoms with Gasteiger partial charge in [-0.05, 0) is 96.8 Å². The van der Waals surface area contributed by atoms with Gasteiger partial charge in [0, 0.05) is 52.8 Å². The van der Waals surface area contributed by atoms with Crippen molar-refractivity contribution in [2.24, 2.45) is 11.8 Å². The van der Waals surface area contributed by atoms with Gasteiger partial charge in [-0.15, -0.1) is 45.3 Å². The molecule has 0 saturated carbocycles. The molecule has 5 aromatic rings. The van der Waals surface area contributed by atoms with Crippen molar-refractivity contribution in [2.75, 3.05) is 22.9 Å². The Morgan fingerprint density at radius 2 is 0.742 bits per heavy atom. The summed E-state index contributed by atoms with van der Waals surface area (Å²) in [6, 6.07) is 21.9. The summed E-state index contributed by atoms with van der Waals surface area (Å²) in [7, 11) is 0. The highest BCUT2D eigenvalue weighted by atomic mass is 32.1. The molecule has 8 heteroatoms. The minimum atomic E-state index is 0.127. The predicted octanol–water partition coefficient (Wildman–Crippen LogP) is 17.0. The van der Waals surface area contributed by atoms with Gasteiger partial charge in [-0.25, -0.2) is 0 Å². The molecule has 0 saturated heterocycles. The Morgan fingerprint density at radius 1 is 0.409 bits per heavy atom. The molecule has 6 heterocycles. The molecule has 0 fully saturated rings. The zero-order valence-corrected chi connectivity index (χ0v) is 44.1. The summed E-state index contributed by atoms with van der Waals surface area (Å²) >= 11 is 6.97. The number of amides is 2. The van der Waals surface area contributed by atoms with E-state index in [9.17, 15) is 0 Å². The van der Waals surface area contributed by atoms with Gasteiger partial charge in [0.1, 0.15) is 0 Å². The van der Waals surface area contributed by atoms with Crippen LogP contribution < -0.4 is 20.2 Å². The van der Waals surface area contributed by atoms with Crippen LogP contribution in [0.2, 0.25) is 0 Å². The minimum absolute atomic E-state index is 0.127. The molecule has 66 heavy (non-hydrogen) atoms. The fourth-order valence-corrected chi connectivity index (χ4v) is 14.1. The Labute approximate surface area is 414 Å². The first-order valence-electron chi connectivity index (χ1n) is 26.3. The number of fused-ring (bicyclic) bond motifs is 2. The van der Waals surface area contributed by atoms with E-state index < -0.39 is 0 Å². The number of benzene rings is 1. The zero-order valence-electron chi connectivity index (χ0n) is 40.8. The summed E-state index contributed by atoms with van der Waals surface area (Å²) in [6.07, 6.45) is 29.9. The first-order chi connectivity index (χ1) is 32.4. The third kappa shape index (κ3) is 13.1. The summed E-state index contributed by atoms with van der Waals surface area (Å²) < 4.78 is 0. The van der Waals surface area contributed by atoms with Crippen LogP contribution in [0.4, 0.5) is 11.4 Å². The molecule has 0 N–H and O–H groups in total. The van der Waals surface area contributed by atoms with Gasteiger partial charge in [-0.2, -0.15) is 0 Å². The number of thiophene rings is 4. The van der Waals surface area contributed by atoms with E-state index in [4.69, 9.17) is 0 Å². The third-order valence-corrected chi connectivity index (χ3v) is 18.5. The minimum Gasteiger partial charge on any atom is -0.307 e. The van der Waals surface area contributed by atoms with Crippen molar-refractivity contribution in [3.63, 3.8) is 0 Å². The Bertz CT molecular complexity index is 2200. The monoisotopic (exact) mass is 962 g/mol. The van der Waals surface area contributed by atoms with Crippen molar-refractivity contribution < 1.29 is 9.59 Å². The first-order valence-corrected chi connectivity index (χ1v) is 29.7. The lowest BCUT2D eigenvalue weighted by Crippen LogP contribution is -2.35. The molecule has 2 amide bonds. The van der Waals surface area contributed by atoms with Crippen molar-refractivity contribution in [2.45, 2.75) is 182 Å². The number of anilines is 2. The Morgan fingerprint density at radius 3 is 1.09 bits per heavy atom. The first kappa shape index (κ1) is 50.6. The van der Waals surface area contributed by atoms with Crippen LogP contribution in [0.1, 0.15) is 192 Å². The average Bonchev–Trinajstić information content (AvgIpc) is 4.20. The van der Waals surface area contributed by atoms with Crippen LogP contribution in [0, 0.1) is 11.8 Å². The molecule has 4 aromatic heterocycles. The maximum Gasteiger partial charge on any atom is 0.260 e. The molecular formula is C58H78N2O2S4. The van der Waals surface area contributed by atoms with Crippen molar-refractivity contribution in [3.8, 4) is 19.5 Å². The normalized spacial score (nSPS) is 14.5. The van der Waals surface area contributed by atoms with Gasteiger partial charge < -0.3 is 9.80 Å². The second kappa shape index (κ2) is 26.5. The Kier molecular flexibility index (Phi) is 20.3. The van der Waals surface area contributed by atoms with E-state index in [0.29, 0.717) is 11.8 Å². The standard InChI is InChI=1S/C58H78N2O2S4/c1-5-9-13-17-19-23-29-43(27-21-15-11-7-3)41-59-47-39-46-48(40-45(47)55(57(59)61)53-35-33-51(65-53)49-31-25-37-63-49)60(42-44(28-22-16-12-8-4)30-24-20-18-14-10-6-2)58(62)56(46)54-36-34-52(66-54)50-32-26-38-64-50/h25-26,31-40,43-44H,5-24,27-30,41-42H2,1-4H3. The van der Waals surface area contributed by atoms with Crippen LogP contribution in [0.25, 0.3) is 30.7 Å². The largest absolute Gasteiger partial charge is 0.307 e. The highest BCUT2D eigenvalue weighted by Gasteiger charge is 2.38. The van der Waals surface area contributed by atoms with E-state index >= 15 is 9.59 Å².